The lowest BCUT2D eigenvalue weighted by molar-refractivity contribution is -0.143. The predicted molar refractivity (Wildman–Crippen MR) is 43.2 cm³/mol. The summed E-state index contributed by atoms with van der Waals surface area (Å²) in [6, 6.07) is 0. The van der Waals surface area contributed by atoms with Crippen molar-refractivity contribution in [3.05, 3.63) is 12.2 Å². The molecule has 2 fully saturated rings. The average Bonchev–Trinajstić information content (AvgIpc) is 2.48. The zero-order chi connectivity index (χ0) is 10.0. The summed E-state index contributed by atoms with van der Waals surface area (Å²) in [5, 5.41) is 8.89. The summed E-state index contributed by atoms with van der Waals surface area (Å²) < 4.78 is 5.19. The molecule has 1 aliphatic carbocycles. The number of carboxylic acid groups (broad SMARTS) is 1. The van der Waals surface area contributed by atoms with Gasteiger partial charge in [0.15, 0.2) is 11.4 Å². The first-order valence-corrected chi connectivity index (χ1v) is 4.01. The molecule has 1 aliphatic heterocycles. The summed E-state index contributed by atoms with van der Waals surface area (Å²) in [6.07, 6.45) is 0. The Morgan fingerprint density at radius 2 is 2.15 bits per heavy atom. The van der Waals surface area contributed by atoms with Crippen LogP contribution in [0.5, 0.6) is 0 Å². The van der Waals surface area contributed by atoms with Crippen LogP contribution in [0.4, 0.5) is 0 Å². The van der Waals surface area contributed by atoms with Gasteiger partial charge in [0.2, 0.25) is 0 Å². The summed E-state index contributed by atoms with van der Waals surface area (Å²) in [6.45, 7) is 6.75. The van der Waals surface area contributed by atoms with Gasteiger partial charge in [-0.15, -0.1) is 0 Å². The van der Waals surface area contributed by atoms with Gasteiger partial charge in [-0.2, -0.15) is 0 Å². The Kier molecular flexibility index (Phi) is 1.20. The number of hydrogen-bond donors (Lipinski definition) is 1. The van der Waals surface area contributed by atoms with Crippen LogP contribution in [-0.4, -0.2) is 28.1 Å². The lowest BCUT2D eigenvalue weighted by atomic mass is 9.91. The molecule has 13 heavy (non-hydrogen) atoms. The number of Topliss-reactive ketones (excluding diaryl/α,β-unsaturated/α-hetero) is 1. The molecule has 1 saturated carbocycles. The van der Waals surface area contributed by atoms with Crippen molar-refractivity contribution in [1.82, 2.24) is 0 Å². The van der Waals surface area contributed by atoms with Crippen molar-refractivity contribution in [2.24, 2.45) is 5.92 Å². The van der Waals surface area contributed by atoms with E-state index in [2.05, 4.69) is 6.58 Å². The number of fused-ring (bicyclic) bond motifs is 1. The van der Waals surface area contributed by atoms with E-state index in [1.54, 1.807) is 13.8 Å². The third-order valence-electron chi connectivity index (χ3n) is 3.19. The van der Waals surface area contributed by atoms with Crippen molar-refractivity contribution in [3.63, 3.8) is 0 Å². The summed E-state index contributed by atoms with van der Waals surface area (Å²) in [5.41, 5.74) is -1.65. The van der Waals surface area contributed by atoms with Crippen molar-refractivity contribution in [1.29, 1.82) is 0 Å². The number of carbonyl (C=O) groups excluding carboxylic acids is 1. The van der Waals surface area contributed by atoms with E-state index in [4.69, 9.17) is 9.84 Å². The van der Waals surface area contributed by atoms with E-state index in [9.17, 15) is 9.59 Å². The van der Waals surface area contributed by atoms with Crippen LogP contribution in [0.1, 0.15) is 13.8 Å². The molecule has 1 heterocycles. The van der Waals surface area contributed by atoms with Gasteiger partial charge >= 0.3 is 5.97 Å². The van der Waals surface area contributed by atoms with Crippen molar-refractivity contribution in [2.45, 2.75) is 25.0 Å². The molecule has 3 atom stereocenters. The molecule has 0 unspecified atom stereocenters. The SMILES string of the molecule is C=C1C(=O)[C@]2(C)O[C@@]2(C)[C@@H]1C(=O)O. The maximum Gasteiger partial charge on any atom is 0.314 e. The first kappa shape index (κ1) is 8.44. The standard InChI is InChI=1S/C9H10O4/c1-4-5(7(11)12)8(2)9(3,13-8)6(4)10/h5H,1H2,2-3H3,(H,11,12)/t5-,8-,9-/m0/s1. The minimum Gasteiger partial charge on any atom is -0.481 e. The Labute approximate surface area is 75.2 Å². The fourth-order valence-corrected chi connectivity index (χ4v) is 2.16. The number of epoxide rings is 1. The maximum absolute atomic E-state index is 11.5. The molecule has 4 nitrogen and oxygen atoms in total. The Morgan fingerprint density at radius 3 is 2.38 bits per heavy atom. The maximum atomic E-state index is 11.5. The van der Waals surface area contributed by atoms with Gasteiger partial charge in [-0.1, -0.05) is 6.58 Å². The van der Waals surface area contributed by atoms with E-state index in [-0.39, 0.29) is 11.4 Å². The van der Waals surface area contributed by atoms with Crippen LogP contribution in [0.3, 0.4) is 0 Å². The highest BCUT2D eigenvalue weighted by atomic mass is 16.6. The molecule has 0 radical (unpaired) electrons. The highest BCUT2D eigenvalue weighted by molar-refractivity contribution is 6.12. The Hall–Kier alpha value is -1.16. The number of ether oxygens (including phenoxy) is 1. The van der Waals surface area contributed by atoms with Gasteiger partial charge in [0.05, 0.1) is 0 Å². The number of rotatable bonds is 1. The molecule has 0 aromatic rings. The van der Waals surface area contributed by atoms with Crippen LogP contribution in [0.2, 0.25) is 0 Å². The number of carboxylic acids is 1. The number of hydrogen-bond acceptors (Lipinski definition) is 3. The van der Waals surface area contributed by atoms with E-state index in [1.165, 1.54) is 0 Å². The van der Waals surface area contributed by atoms with Gasteiger partial charge in [0, 0.05) is 5.57 Å². The molecule has 2 rings (SSSR count). The third-order valence-corrected chi connectivity index (χ3v) is 3.19. The lowest BCUT2D eigenvalue weighted by Gasteiger charge is -2.11. The van der Waals surface area contributed by atoms with E-state index in [0.29, 0.717) is 0 Å². The van der Waals surface area contributed by atoms with Gasteiger partial charge in [-0.05, 0) is 13.8 Å². The monoisotopic (exact) mass is 182 g/mol. The molecule has 0 spiro atoms. The average molecular weight is 182 g/mol. The zero-order valence-electron chi connectivity index (χ0n) is 7.46. The van der Waals surface area contributed by atoms with Crippen LogP contribution in [0.25, 0.3) is 0 Å². The Morgan fingerprint density at radius 1 is 1.62 bits per heavy atom. The summed E-state index contributed by atoms with van der Waals surface area (Å²) in [7, 11) is 0. The second-order valence-electron chi connectivity index (χ2n) is 3.87. The smallest absolute Gasteiger partial charge is 0.314 e. The number of carbonyl (C=O) groups is 2. The summed E-state index contributed by atoms with van der Waals surface area (Å²) in [4.78, 5) is 22.3. The van der Waals surface area contributed by atoms with Gasteiger partial charge in [-0.3, -0.25) is 9.59 Å². The van der Waals surface area contributed by atoms with Gasteiger partial charge in [0.1, 0.15) is 11.5 Å². The largest absolute Gasteiger partial charge is 0.481 e. The molecule has 4 heteroatoms. The first-order valence-electron chi connectivity index (χ1n) is 4.01. The molecular formula is C9H10O4. The molecule has 70 valence electrons. The van der Waals surface area contributed by atoms with E-state index >= 15 is 0 Å². The summed E-state index contributed by atoms with van der Waals surface area (Å²) in [5.74, 6) is -2.20. The minimum atomic E-state index is -1.04. The molecule has 0 bridgehead atoms. The second-order valence-corrected chi connectivity index (χ2v) is 3.87. The van der Waals surface area contributed by atoms with Crippen LogP contribution >= 0.6 is 0 Å². The second kappa shape index (κ2) is 1.85. The fourth-order valence-electron chi connectivity index (χ4n) is 2.16. The first-order chi connectivity index (χ1) is 5.84. The molecule has 0 aromatic carbocycles. The molecule has 1 saturated heterocycles. The minimum absolute atomic E-state index is 0.156. The van der Waals surface area contributed by atoms with Crippen molar-refractivity contribution < 1.29 is 19.4 Å². The zero-order valence-corrected chi connectivity index (χ0v) is 7.46. The molecular weight excluding hydrogens is 172 g/mol. The van der Waals surface area contributed by atoms with Gasteiger partial charge in [0.25, 0.3) is 0 Å². The summed E-state index contributed by atoms with van der Waals surface area (Å²) >= 11 is 0. The van der Waals surface area contributed by atoms with Crippen LogP contribution in [0, 0.1) is 5.92 Å². The third kappa shape index (κ3) is 0.659. The van der Waals surface area contributed by atoms with Gasteiger partial charge < -0.3 is 9.84 Å². The number of ketones is 1. The van der Waals surface area contributed by atoms with E-state index < -0.39 is 23.1 Å². The van der Waals surface area contributed by atoms with E-state index in [0.717, 1.165) is 0 Å². The Bertz CT molecular complexity index is 346. The Balaban J connectivity index is 2.49. The highest BCUT2D eigenvalue weighted by Crippen LogP contribution is 2.61. The van der Waals surface area contributed by atoms with Crippen LogP contribution in [0.15, 0.2) is 12.2 Å². The topological polar surface area (TPSA) is 66.9 Å². The van der Waals surface area contributed by atoms with Crippen LogP contribution in [-0.2, 0) is 14.3 Å². The highest BCUT2D eigenvalue weighted by Gasteiger charge is 2.79. The van der Waals surface area contributed by atoms with Crippen molar-refractivity contribution in [2.75, 3.05) is 0 Å². The predicted octanol–water partition coefficient (Wildman–Crippen LogP) is 0.374. The number of aliphatic carboxylic acids is 1. The van der Waals surface area contributed by atoms with Crippen molar-refractivity contribution in [3.8, 4) is 0 Å². The molecule has 1 N–H and O–H groups in total. The lowest BCUT2D eigenvalue weighted by Crippen LogP contribution is -2.28. The van der Waals surface area contributed by atoms with Crippen molar-refractivity contribution >= 4 is 11.8 Å². The molecule has 0 aromatic heterocycles. The quantitative estimate of drug-likeness (QED) is 0.470. The van der Waals surface area contributed by atoms with E-state index in [1.807, 2.05) is 0 Å². The van der Waals surface area contributed by atoms with Crippen LogP contribution < -0.4 is 0 Å². The fraction of sp³-hybridized carbons (Fsp3) is 0.556. The normalized spacial score (nSPS) is 47.7. The molecule has 2 aliphatic rings. The van der Waals surface area contributed by atoms with Gasteiger partial charge in [-0.25, -0.2) is 0 Å². The molecule has 0 amide bonds.